The van der Waals surface area contributed by atoms with Gasteiger partial charge in [-0.2, -0.15) is 9.61 Å². The molecule has 2 heterocycles. The Balaban J connectivity index is 1.95. The first kappa shape index (κ1) is 15.4. The molecule has 9 heteroatoms. The molecule has 0 aliphatic heterocycles. The van der Waals surface area contributed by atoms with Crippen LogP contribution in [-0.2, 0) is 16.6 Å². The van der Waals surface area contributed by atoms with Crippen LogP contribution in [0.3, 0.4) is 0 Å². The summed E-state index contributed by atoms with van der Waals surface area (Å²) in [5.41, 5.74) is 1.13. The Labute approximate surface area is 136 Å². The van der Waals surface area contributed by atoms with Gasteiger partial charge in [-0.1, -0.05) is 41.1 Å². The van der Waals surface area contributed by atoms with Crippen LogP contribution in [-0.4, -0.2) is 23.0 Å². The van der Waals surface area contributed by atoms with Crippen molar-refractivity contribution in [3.05, 3.63) is 45.6 Å². The molecule has 0 saturated heterocycles. The molecule has 0 bridgehead atoms. The second-order valence-corrected chi connectivity index (χ2v) is 7.98. The van der Waals surface area contributed by atoms with Gasteiger partial charge in [0.2, 0.25) is 4.96 Å². The van der Waals surface area contributed by atoms with E-state index in [-0.39, 0.29) is 11.6 Å². The van der Waals surface area contributed by atoms with Crippen molar-refractivity contribution in [3.8, 4) is 0 Å². The highest BCUT2D eigenvalue weighted by Gasteiger charge is 2.25. The first-order chi connectivity index (χ1) is 10.4. The molecule has 0 spiro atoms. The van der Waals surface area contributed by atoms with Crippen molar-refractivity contribution < 1.29 is 8.42 Å². The molecule has 0 fully saturated rings. The quantitative estimate of drug-likeness (QED) is 0.779. The molecule has 22 heavy (non-hydrogen) atoms. The fourth-order valence-electron chi connectivity index (χ4n) is 2.12. The summed E-state index contributed by atoms with van der Waals surface area (Å²) < 4.78 is 29.1. The molecule has 0 radical (unpaired) electrons. The lowest BCUT2D eigenvalue weighted by Gasteiger charge is -2.07. The van der Waals surface area contributed by atoms with Crippen LogP contribution >= 0.6 is 22.9 Å². The molecule has 0 aliphatic carbocycles. The number of fused-ring (bicyclic) bond motifs is 1. The van der Waals surface area contributed by atoms with Crippen LogP contribution in [0.25, 0.3) is 4.96 Å². The lowest BCUT2D eigenvalue weighted by Crippen LogP contribution is -2.25. The van der Waals surface area contributed by atoms with Crippen LogP contribution < -0.4 is 4.72 Å². The van der Waals surface area contributed by atoms with Gasteiger partial charge in [-0.3, -0.25) is 0 Å². The van der Waals surface area contributed by atoms with Crippen molar-refractivity contribution in [3.63, 3.8) is 0 Å². The fraction of sp³-hybridized carbons (Fsp3) is 0.231. The van der Waals surface area contributed by atoms with Crippen LogP contribution in [0.4, 0.5) is 0 Å². The molecule has 3 rings (SSSR count). The summed E-state index contributed by atoms with van der Waals surface area (Å²) in [4.78, 5) is 4.81. The zero-order valence-electron chi connectivity index (χ0n) is 11.9. The first-order valence-corrected chi connectivity index (χ1v) is 9.12. The van der Waals surface area contributed by atoms with Crippen molar-refractivity contribution in [1.29, 1.82) is 0 Å². The van der Waals surface area contributed by atoms with E-state index in [0.717, 1.165) is 5.01 Å². The van der Waals surface area contributed by atoms with Crippen molar-refractivity contribution in [2.75, 3.05) is 0 Å². The van der Waals surface area contributed by atoms with Crippen LogP contribution in [0.5, 0.6) is 0 Å². The highest BCUT2D eigenvalue weighted by atomic mass is 35.5. The van der Waals surface area contributed by atoms with Crippen LogP contribution in [0.15, 0.2) is 29.3 Å². The smallest absolute Gasteiger partial charge is 0.221 e. The Morgan fingerprint density at radius 2 is 2.05 bits per heavy atom. The Hall–Kier alpha value is -1.48. The predicted molar refractivity (Wildman–Crippen MR) is 85.8 cm³/mol. The van der Waals surface area contributed by atoms with Crippen LogP contribution in [0.1, 0.15) is 16.3 Å². The monoisotopic (exact) mass is 356 g/mol. The van der Waals surface area contributed by atoms with Gasteiger partial charge in [0.05, 0.1) is 5.69 Å². The summed E-state index contributed by atoms with van der Waals surface area (Å²) in [6.07, 6.45) is 0. The number of nitrogens with zero attached hydrogens (tertiary/aromatic N) is 3. The Morgan fingerprint density at radius 3 is 2.77 bits per heavy atom. The lowest BCUT2D eigenvalue weighted by atomic mass is 10.2. The van der Waals surface area contributed by atoms with Gasteiger partial charge in [-0.25, -0.2) is 18.1 Å². The number of rotatable bonds is 4. The topological polar surface area (TPSA) is 76.4 Å². The van der Waals surface area contributed by atoms with Gasteiger partial charge in [-0.15, -0.1) is 0 Å². The third-order valence-electron chi connectivity index (χ3n) is 3.09. The molecule has 0 unspecified atom stereocenters. The van der Waals surface area contributed by atoms with E-state index in [1.54, 1.807) is 25.1 Å². The first-order valence-electron chi connectivity index (χ1n) is 6.44. The molecule has 1 aromatic carbocycles. The maximum atomic E-state index is 12.6. The summed E-state index contributed by atoms with van der Waals surface area (Å²) in [5.74, 6) is 0. The SMILES string of the molecule is Cc1nn2c(S(=O)(=O)NCc3ccccc3Cl)c(C)nc2s1. The highest BCUT2D eigenvalue weighted by Crippen LogP contribution is 2.22. The van der Waals surface area contributed by atoms with E-state index in [0.29, 0.717) is 21.2 Å². The number of aromatic nitrogens is 3. The van der Waals surface area contributed by atoms with Crippen molar-refractivity contribution in [1.82, 2.24) is 19.3 Å². The summed E-state index contributed by atoms with van der Waals surface area (Å²) >= 11 is 7.39. The normalized spacial score (nSPS) is 12.1. The molecule has 1 N–H and O–H groups in total. The number of hydrogen-bond donors (Lipinski definition) is 1. The highest BCUT2D eigenvalue weighted by molar-refractivity contribution is 7.89. The molecule has 2 aromatic heterocycles. The number of sulfonamides is 1. The Kier molecular flexibility index (Phi) is 3.94. The van der Waals surface area contributed by atoms with Gasteiger partial charge in [0.1, 0.15) is 5.01 Å². The third kappa shape index (κ3) is 2.74. The van der Waals surface area contributed by atoms with E-state index in [1.165, 1.54) is 15.9 Å². The van der Waals surface area contributed by atoms with E-state index >= 15 is 0 Å². The van der Waals surface area contributed by atoms with E-state index in [4.69, 9.17) is 11.6 Å². The number of imidazole rings is 1. The molecule has 116 valence electrons. The zero-order chi connectivity index (χ0) is 15.9. The second-order valence-electron chi connectivity index (χ2n) is 4.73. The van der Waals surface area contributed by atoms with Gasteiger partial charge < -0.3 is 0 Å². The zero-order valence-corrected chi connectivity index (χ0v) is 14.3. The number of nitrogens with one attached hydrogen (secondary N) is 1. The maximum Gasteiger partial charge on any atom is 0.260 e. The summed E-state index contributed by atoms with van der Waals surface area (Å²) in [6.45, 7) is 3.57. The molecule has 6 nitrogen and oxygen atoms in total. The molecule has 0 aliphatic rings. The average molecular weight is 357 g/mol. The summed E-state index contributed by atoms with van der Waals surface area (Å²) in [6, 6.07) is 7.10. The lowest BCUT2D eigenvalue weighted by molar-refractivity contribution is 0.572. The van der Waals surface area contributed by atoms with Crippen LogP contribution in [0.2, 0.25) is 5.02 Å². The van der Waals surface area contributed by atoms with Gasteiger partial charge in [0.25, 0.3) is 10.0 Å². The number of halogens is 1. The van der Waals surface area contributed by atoms with E-state index in [9.17, 15) is 8.42 Å². The van der Waals surface area contributed by atoms with Crippen molar-refractivity contribution >= 4 is 37.9 Å². The van der Waals surface area contributed by atoms with Crippen LogP contribution in [0, 0.1) is 13.8 Å². The fourth-order valence-corrected chi connectivity index (χ4v) is 4.44. The Morgan fingerprint density at radius 1 is 1.32 bits per heavy atom. The van der Waals surface area contributed by atoms with Gasteiger partial charge in [0, 0.05) is 11.6 Å². The minimum Gasteiger partial charge on any atom is -0.221 e. The van der Waals surface area contributed by atoms with Crippen molar-refractivity contribution in [2.24, 2.45) is 0 Å². The van der Waals surface area contributed by atoms with E-state index in [2.05, 4.69) is 14.8 Å². The average Bonchev–Trinajstić information content (AvgIpc) is 2.92. The van der Waals surface area contributed by atoms with E-state index in [1.807, 2.05) is 13.0 Å². The molecule has 0 saturated carbocycles. The molecule has 0 atom stereocenters. The van der Waals surface area contributed by atoms with Crippen molar-refractivity contribution in [2.45, 2.75) is 25.4 Å². The maximum absolute atomic E-state index is 12.6. The second kappa shape index (κ2) is 5.62. The largest absolute Gasteiger partial charge is 0.260 e. The van der Waals surface area contributed by atoms with E-state index < -0.39 is 10.0 Å². The minimum atomic E-state index is -3.74. The number of hydrogen-bond acceptors (Lipinski definition) is 5. The van der Waals surface area contributed by atoms with Gasteiger partial charge in [0.15, 0.2) is 5.03 Å². The van der Waals surface area contributed by atoms with Gasteiger partial charge in [-0.05, 0) is 25.5 Å². The molecular weight excluding hydrogens is 344 g/mol. The molecular formula is C13H13ClN4O2S2. The molecule has 0 amide bonds. The number of aryl methyl sites for hydroxylation is 2. The Bertz CT molecular complexity index is 946. The summed E-state index contributed by atoms with van der Waals surface area (Å²) in [5, 5.41) is 5.54. The number of benzene rings is 1. The third-order valence-corrected chi connectivity index (χ3v) is 5.79. The predicted octanol–water partition coefficient (Wildman–Crippen LogP) is 2.54. The van der Waals surface area contributed by atoms with Gasteiger partial charge >= 0.3 is 0 Å². The summed E-state index contributed by atoms with van der Waals surface area (Å²) in [7, 11) is -3.74. The standard InChI is InChI=1S/C13H13ClN4O2S2/c1-8-12(18-13(16-8)21-9(2)17-18)22(19,20)15-7-10-5-3-4-6-11(10)14/h3-6,15H,7H2,1-2H3. The molecule has 3 aromatic rings. The minimum absolute atomic E-state index is 0.0684.